The molecule has 0 aromatic rings. The van der Waals surface area contributed by atoms with Crippen LogP contribution in [0.25, 0.3) is 0 Å². The van der Waals surface area contributed by atoms with Gasteiger partial charge in [0.1, 0.15) is 6.04 Å². The van der Waals surface area contributed by atoms with Crippen molar-refractivity contribution >= 4 is 5.97 Å². The SMILES string of the molecule is CCOC(=O)C(N)CCN(CC)CCCN(CC)CC. The highest BCUT2D eigenvalue weighted by atomic mass is 16.5. The predicted molar refractivity (Wildman–Crippen MR) is 83.7 cm³/mol. The summed E-state index contributed by atoms with van der Waals surface area (Å²) in [5.74, 6) is -0.285. The fourth-order valence-corrected chi connectivity index (χ4v) is 2.17. The second-order valence-corrected chi connectivity index (χ2v) is 4.96. The van der Waals surface area contributed by atoms with Crippen molar-refractivity contribution in [1.29, 1.82) is 0 Å². The summed E-state index contributed by atoms with van der Waals surface area (Å²) in [4.78, 5) is 16.2. The molecular weight excluding hydrogens is 254 g/mol. The van der Waals surface area contributed by atoms with Crippen molar-refractivity contribution in [2.45, 2.75) is 46.6 Å². The fraction of sp³-hybridized carbons (Fsp3) is 0.933. The third-order valence-corrected chi connectivity index (χ3v) is 3.64. The summed E-state index contributed by atoms with van der Waals surface area (Å²) in [5.41, 5.74) is 5.82. The van der Waals surface area contributed by atoms with Gasteiger partial charge in [-0.05, 0) is 52.5 Å². The normalized spacial score (nSPS) is 12.9. The average Bonchev–Trinajstić information content (AvgIpc) is 2.46. The molecule has 0 aliphatic heterocycles. The van der Waals surface area contributed by atoms with Crippen molar-refractivity contribution in [2.75, 3.05) is 45.9 Å². The predicted octanol–water partition coefficient (Wildman–Crippen LogP) is 1.32. The first-order valence-corrected chi connectivity index (χ1v) is 7.95. The maximum atomic E-state index is 11.5. The smallest absolute Gasteiger partial charge is 0.322 e. The van der Waals surface area contributed by atoms with Crippen molar-refractivity contribution in [2.24, 2.45) is 5.73 Å². The number of ether oxygens (including phenoxy) is 1. The summed E-state index contributed by atoms with van der Waals surface area (Å²) in [6, 6.07) is -0.494. The zero-order chi connectivity index (χ0) is 15.4. The number of hydrogen-bond donors (Lipinski definition) is 1. The van der Waals surface area contributed by atoms with E-state index in [1.54, 1.807) is 6.92 Å². The van der Waals surface area contributed by atoms with Gasteiger partial charge in [-0.25, -0.2) is 0 Å². The Balaban J connectivity index is 3.89. The van der Waals surface area contributed by atoms with E-state index in [0.717, 1.165) is 45.7 Å². The van der Waals surface area contributed by atoms with Crippen LogP contribution in [0.15, 0.2) is 0 Å². The van der Waals surface area contributed by atoms with E-state index in [4.69, 9.17) is 10.5 Å². The Kier molecular flexibility index (Phi) is 11.7. The molecule has 120 valence electrons. The minimum absolute atomic E-state index is 0.285. The number of hydrogen-bond acceptors (Lipinski definition) is 5. The minimum Gasteiger partial charge on any atom is -0.465 e. The molecule has 0 aliphatic rings. The molecule has 0 rings (SSSR count). The molecule has 0 aromatic carbocycles. The highest BCUT2D eigenvalue weighted by Crippen LogP contribution is 2.00. The number of carbonyl (C=O) groups is 1. The van der Waals surface area contributed by atoms with Crippen LogP contribution in [0.1, 0.15) is 40.5 Å². The summed E-state index contributed by atoms with van der Waals surface area (Å²) >= 11 is 0. The summed E-state index contributed by atoms with van der Waals surface area (Å²) < 4.78 is 4.92. The lowest BCUT2D eigenvalue weighted by atomic mass is 10.2. The Bertz CT molecular complexity index is 245. The lowest BCUT2D eigenvalue weighted by molar-refractivity contribution is -0.144. The second kappa shape index (κ2) is 12.1. The van der Waals surface area contributed by atoms with Crippen molar-refractivity contribution in [1.82, 2.24) is 9.80 Å². The van der Waals surface area contributed by atoms with Gasteiger partial charge in [-0.2, -0.15) is 0 Å². The van der Waals surface area contributed by atoms with Gasteiger partial charge >= 0.3 is 5.97 Å². The van der Waals surface area contributed by atoms with E-state index >= 15 is 0 Å². The highest BCUT2D eigenvalue weighted by Gasteiger charge is 2.15. The van der Waals surface area contributed by atoms with Gasteiger partial charge in [-0.1, -0.05) is 20.8 Å². The van der Waals surface area contributed by atoms with Crippen molar-refractivity contribution in [3.8, 4) is 0 Å². The van der Waals surface area contributed by atoms with Gasteiger partial charge in [0.15, 0.2) is 0 Å². The molecule has 0 aromatic heterocycles. The summed E-state index contributed by atoms with van der Waals surface area (Å²) in [5, 5.41) is 0. The second-order valence-electron chi connectivity index (χ2n) is 4.96. The van der Waals surface area contributed by atoms with Gasteiger partial charge in [-0.15, -0.1) is 0 Å². The molecule has 20 heavy (non-hydrogen) atoms. The molecule has 0 amide bonds. The third kappa shape index (κ3) is 8.51. The van der Waals surface area contributed by atoms with Crippen LogP contribution in [-0.4, -0.2) is 67.7 Å². The molecule has 0 saturated carbocycles. The van der Waals surface area contributed by atoms with E-state index in [-0.39, 0.29) is 5.97 Å². The Hall–Kier alpha value is -0.650. The topological polar surface area (TPSA) is 58.8 Å². The van der Waals surface area contributed by atoms with Crippen molar-refractivity contribution < 1.29 is 9.53 Å². The molecule has 2 N–H and O–H groups in total. The Labute approximate surface area is 124 Å². The van der Waals surface area contributed by atoms with Crippen LogP contribution in [0.2, 0.25) is 0 Å². The molecule has 0 aliphatic carbocycles. The van der Waals surface area contributed by atoms with E-state index in [0.29, 0.717) is 13.0 Å². The maximum Gasteiger partial charge on any atom is 0.322 e. The van der Waals surface area contributed by atoms with Crippen LogP contribution >= 0.6 is 0 Å². The number of rotatable bonds is 12. The summed E-state index contributed by atoms with van der Waals surface area (Å²) in [6.45, 7) is 15.0. The van der Waals surface area contributed by atoms with Crippen LogP contribution in [-0.2, 0) is 9.53 Å². The van der Waals surface area contributed by atoms with Gasteiger partial charge < -0.3 is 20.3 Å². The zero-order valence-electron chi connectivity index (χ0n) is 13.7. The highest BCUT2D eigenvalue weighted by molar-refractivity contribution is 5.75. The summed E-state index contributed by atoms with van der Waals surface area (Å²) in [6.07, 6.45) is 1.82. The van der Waals surface area contributed by atoms with Crippen LogP contribution in [0, 0.1) is 0 Å². The quantitative estimate of drug-likeness (QED) is 0.549. The van der Waals surface area contributed by atoms with Gasteiger partial charge in [0, 0.05) is 6.54 Å². The van der Waals surface area contributed by atoms with E-state index in [2.05, 4.69) is 30.6 Å². The van der Waals surface area contributed by atoms with E-state index < -0.39 is 6.04 Å². The first kappa shape index (κ1) is 19.4. The Morgan fingerprint density at radius 2 is 1.55 bits per heavy atom. The van der Waals surface area contributed by atoms with Gasteiger partial charge in [-0.3, -0.25) is 4.79 Å². The molecule has 0 heterocycles. The van der Waals surface area contributed by atoms with Crippen molar-refractivity contribution in [3.63, 3.8) is 0 Å². The molecule has 1 unspecified atom stereocenters. The average molecular weight is 287 g/mol. The summed E-state index contributed by atoms with van der Waals surface area (Å²) in [7, 11) is 0. The number of esters is 1. The zero-order valence-corrected chi connectivity index (χ0v) is 13.7. The molecular formula is C15H33N3O2. The van der Waals surface area contributed by atoms with Crippen molar-refractivity contribution in [3.05, 3.63) is 0 Å². The minimum atomic E-state index is -0.494. The molecule has 1 atom stereocenters. The largest absolute Gasteiger partial charge is 0.465 e. The fourth-order valence-electron chi connectivity index (χ4n) is 2.17. The van der Waals surface area contributed by atoms with E-state index in [9.17, 15) is 4.79 Å². The third-order valence-electron chi connectivity index (χ3n) is 3.64. The molecule has 0 bridgehead atoms. The Morgan fingerprint density at radius 3 is 2.05 bits per heavy atom. The number of nitrogens with two attached hydrogens (primary N) is 1. The lowest BCUT2D eigenvalue weighted by Gasteiger charge is -2.24. The maximum absolute atomic E-state index is 11.5. The van der Waals surface area contributed by atoms with E-state index in [1.165, 1.54) is 0 Å². The van der Waals surface area contributed by atoms with Crippen LogP contribution in [0.5, 0.6) is 0 Å². The number of nitrogens with zero attached hydrogens (tertiary/aromatic N) is 2. The molecule has 0 saturated heterocycles. The first-order valence-electron chi connectivity index (χ1n) is 7.95. The first-order chi connectivity index (χ1) is 9.58. The van der Waals surface area contributed by atoms with Gasteiger partial charge in [0.2, 0.25) is 0 Å². The monoisotopic (exact) mass is 287 g/mol. The van der Waals surface area contributed by atoms with Gasteiger partial charge in [0.05, 0.1) is 6.61 Å². The lowest BCUT2D eigenvalue weighted by Crippen LogP contribution is -2.37. The molecule has 5 nitrogen and oxygen atoms in total. The van der Waals surface area contributed by atoms with Gasteiger partial charge in [0.25, 0.3) is 0 Å². The molecule has 0 radical (unpaired) electrons. The van der Waals surface area contributed by atoms with E-state index in [1.807, 2.05) is 0 Å². The van der Waals surface area contributed by atoms with Crippen LogP contribution in [0.3, 0.4) is 0 Å². The molecule has 5 heteroatoms. The van der Waals surface area contributed by atoms with Crippen LogP contribution < -0.4 is 5.73 Å². The van der Waals surface area contributed by atoms with Crippen LogP contribution in [0.4, 0.5) is 0 Å². The Morgan fingerprint density at radius 1 is 1.00 bits per heavy atom. The molecule has 0 fully saturated rings. The molecule has 0 spiro atoms. The standard InChI is InChI=1S/C15H33N3O2/c1-5-17(6-2)11-9-12-18(7-3)13-10-14(16)15(19)20-8-4/h14H,5-13,16H2,1-4H3. The number of carbonyl (C=O) groups excluding carboxylic acids is 1.